The van der Waals surface area contributed by atoms with Gasteiger partial charge >= 0.3 is 11.9 Å². The summed E-state index contributed by atoms with van der Waals surface area (Å²) in [6, 6.07) is 0. The summed E-state index contributed by atoms with van der Waals surface area (Å²) in [4.78, 5) is 23.8. The normalized spacial score (nSPS) is 11.3. The third-order valence-electron chi connectivity index (χ3n) is 2.81. The van der Waals surface area contributed by atoms with Crippen molar-refractivity contribution in [3.05, 3.63) is 0 Å². The van der Waals surface area contributed by atoms with Crippen molar-refractivity contribution in [3.8, 4) is 0 Å². The van der Waals surface area contributed by atoms with Gasteiger partial charge in [0.2, 0.25) is 0 Å². The first kappa shape index (κ1) is 21.8. The zero-order valence-electron chi connectivity index (χ0n) is 14.4. The van der Waals surface area contributed by atoms with Crippen molar-refractivity contribution in [1.82, 2.24) is 0 Å². The van der Waals surface area contributed by atoms with E-state index in [2.05, 4.69) is 0 Å². The van der Waals surface area contributed by atoms with Crippen LogP contribution in [0, 0.1) is 5.41 Å². The third-order valence-corrected chi connectivity index (χ3v) is 2.81. The van der Waals surface area contributed by atoms with Crippen LogP contribution in [0.2, 0.25) is 0 Å². The minimum Gasteiger partial charge on any atom is -0.462 e. The summed E-state index contributed by atoms with van der Waals surface area (Å²) in [6.45, 7) is 5.31. The second kappa shape index (κ2) is 13.2. The number of rotatable bonds is 14. The maximum atomic E-state index is 11.9. The van der Waals surface area contributed by atoms with E-state index in [1.165, 1.54) is 13.8 Å². The molecule has 0 aliphatic heterocycles. The second-order valence-corrected chi connectivity index (χ2v) is 5.11. The van der Waals surface area contributed by atoms with Gasteiger partial charge in [-0.2, -0.15) is 0 Å². The monoisotopic (exact) mass is 336 g/mol. The van der Waals surface area contributed by atoms with Crippen molar-refractivity contribution < 1.29 is 38.0 Å². The van der Waals surface area contributed by atoms with Crippen molar-refractivity contribution in [1.29, 1.82) is 0 Å². The molecule has 0 saturated carbocycles. The highest BCUT2D eigenvalue weighted by Gasteiger charge is 2.39. The summed E-state index contributed by atoms with van der Waals surface area (Å²) in [5, 5.41) is 0. The maximum absolute atomic E-state index is 11.9. The lowest BCUT2D eigenvalue weighted by molar-refractivity contribution is -0.171. The van der Waals surface area contributed by atoms with Gasteiger partial charge in [0.25, 0.3) is 0 Å². The molecule has 23 heavy (non-hydrogen) atoms. The minimum absolute atomic E-state index is 0.0688. The van der Waals surface area contributed by atoms with E-state index in [0.29, 0.717) is 26.4 Å². The summed E-state index contributed by atoms with van der Waals surface area (Å²) in [5.74, 6) is -1.31. The molecule has 0 aromatic heterocycles. The summed E-state index contributed by atoms with van der Waals surface area (Å²) in [6.07, 6.45) is 0. The predicted molar refractivity (Wildman–Crippen MR) is 81.1 cm³/mol. The van der Waals surface area contributed by atoms with E-state index in [0.717, 1.165) is 0 Å². The molecule has 0 bridgehead atoms. The highest BCUT2D eigenvalue weighted by Crippen LogP contribution is 2.19. The molecule has 0 aromatic rings. The minimum atomic E-state index is -1.38. The SMILES string of the molecule is COCCOCCOC(=O)C(C)(C)C(=O)OCCOCCOC. The summed E-state index contributed by atoms with van der Waals surface area (Å²) in [5.41, 5.74) is -1.38. The lowest BCUT2D eigenvalue weighted by Crippen LogP contribution is -2.37. The van der Waals surface area contributed by atoms with E-state index in [1.54, 1.807) is 14.2 Å². The molecule has 0 aliphatic rings. The van der Waals surface area contributed by atoms with Crippen molar-refractivity contribution in [2.24, 2.45) is 5.41 Å². The van der Waals surface area contributed by atoms with Gasteiger partial charge in [-0.15, -0.1) is 0 Å². The fourth-order valence-corrected chi connectivity index (χ4v) is 1.32. The number of esters is 2. The highest BCUT2D eigenvalue weighted by molar-refractivity contribution is 5.99. The van der Waals surface area contributed by atoms with Crippen molar-refractivity contribution >= 4 is 11.9 Å². The third kappa shape index (κ3) is 10.2. The Morgan fingerprint density at radius 3 is 1.35 bits per heavy atom. The number of carbonyl (C=O) groups excluding carboxylic acids is 2. The van der Waals surface area contributed by atoms with Crippen LogP contribution < -0.4 is 0 Å². The van der Waals surface area contributed by atoms with Crippen LogP contribution in [0.5, 0.6) is 0 Å². The van der Waals surface area contributed by atoms with E-state index < -0.39 is 17.4 Å². The number of hydrogen-bond acceptors (Lipinski definition) is 8. The number of hydrogen-bond donors (Lipinski definition) is 0. The average molecular weight is 336 g/mol. The molecule has 0 fully saturated rings. The molecule has 0 saturated heterocycles. The van der Waals surface area contributed by atoms with Gasteiger partial charge in [0.1, 0.15) is 13.2 Å². The zero-order chi connectivity index (χ0) is 17.6. The Morgan fingerprint density at radius 2 is 1.00 bits per heavy atom. The molecule has 0 aliphatic carbocycles. The van der Waals surface area contributed by atoms with Crippen molar-refractivity contribution in [2.45, 2.75) is 13.8 Å². The van der Waals surface area contributed by atoms with Gasteiger partial charge in [-0.25, -0.2) is 0 Å². The smallest absolute Gasteiger partial charge is 0.322 e. The molecule has 0 atom stereocenters. The standard InChI is InChI=1S/C15H28O8/c1-15(2,13(16)22-11-9-20-7-5-18-3)14(17)23-12-10-21-8-6-19-4/h5-12H2,1-4H3. The molecule has 8 nitrogen and oxygen atoms in total. The molecule has 0 radical (unpaired) electrons. The molecule has 0 aromatic carbocycles. The van der Waals surface area contributed by atoms with E-state index in [1.807, 2.05) is 0 Å². The first-order valence-corrected chi connectivity index (χ1v) is 7.44. The maximum Gasteiger partial charge on any atom is 0.322 e. The zero-order valence-corrected chi connectivity index (χ0v) is 14.4. The lowest BCUT2D eigenvalue weighted by atomic mass is 9.94. The molecule has 136 valence electrons. The van der Waals surface area contributed by atoms with Crippen molar-refractivity contribution in [3.63, 3.8) is 0 Å². The van der Waals surface area contributed by atoms with Crippen LogP contribution in [-0.2, 0) is 38.0 Å². The Morgan fingerprint density at radius 1 is 0.652 bits per heavy atom. The van der Waals surface area contributed by atoms with Crippen LogP contribution in [-0.4, -0.2) is 79.0 Å². The summed E-state index contributed by atoms with van der Waals surface area (Å²) in [7, 11) is 3.14. The van der Waals surface area contributed by atoms with E-state index in [9.17, 15) is 9.59 Å². The molecule has 0 N–H and O–H groups in total. The van der Waals surface area contributed by atoms with Gasteiger partial charge in [0.05, 0.1) is 39.6 Å². The topological polar surface area (TPSA) is 89.5 Å². The molecule has 0 amide bonds. The van der Waals surface area contributed by atoms with Crippen LogP contribution >= 0.6 is 0 Å². The van der Waals surface area contributed by atoms with Crippen molar-refractivity contribution in [2.75, 3.05) is 67.1 Å². The molecule has 0 heterocycles. The van der Waals surface area contributed by atoms with Gasteiger partial charge < -0.3 is 28.4 Å². The van der Waals surface area contributed by atoms with Crippen LogP contribution in [0.4, 0.5) is 0 Å². The number of methoxy groups -OCH3 is 2. The fraction of sp³-hybridized carbons (Fsp3) is 0.867. The largest absolute Gasteiger partial charge is 0.462 e. The van der Waals surface area contributed by atoms with E-state index in [-0.39, 0.29) is 26.4 Å². The Kier molecular flexibility index (Phi) is 12.5. The molecule has 0 unspecified atom stereocenters. The quantitative estimate of drug-likeness (QED) is 0.256. The molecule has 0 spiro atoms. The van der Waals surface area contributed by atoms with Gasteiger partial charge in [0, 0.05) is 14.2 Å². The Hall–Kier alpha value is -1.22. The Labute approximate surface area is 137 Å². The number of carbonyl (C=O) groups is 2. The van der Waals surface area contributed by atoms with Crippen LogP contribution in [0.25, 0.3) is 0 Å². The average Bonchev–Trinajstić information content (AvgIpc) is 2.53. The van der Waals surface area contributed by atoms with Gasteiger partial charge in [0.15, 0.2) is 5.41 Å². The van der Waals surface area contributed by atoms with Gasteiger partial charge in [-0.3, -0.25) is 9.59 Å². The lowest BCUT2D eigenvalue weighted by Gasteiger charge is -2.20. The number of ether oxygens (including phenoxy) is 6. The Bertz CT molecular complexity index is 299. The van der Waals surface area contributed by atoms with Crippen LogP contribution in [0.3, 0.4) is 0 Å². The molecular formula is C15H28O8. The van der Waals surface area contributed by atoms with Crippen LogP contribution in [0.1, 0.15) is 13.8 Å². The first-order chi connectivity index (χ1) is 11.0. The van der Waals surface area contributed by atoms with Gasteiger partial charge in [-0.1, -0.05) is 0 Å². The summed E-state index contributed by atoms with van der Waals surface area (Å²) >= 11 is 0. The molecular weight excluding hydrogens is 308 g/mol. The van der Waals surface area contributed by atoms with E-state index in [4.69, 9.17) is 28.4 Å². The van der Waals surface area contributed by atoms with Gasteiger partial charge in [-0.05, 0) is 13.8 Å². The fourth-order valence-electron chi connectivity index (χ4n) is 1.32. The predicted octanol–water partition coefficient (Wildman–Crippen LogP) is 0.425. The second-order valence-electron chi connectivity index (χ2n) is 5.11. The van der Waals surface area contributed by atoms with Crippen LogP contribution in [0.15, 0.2) is 0 Å². The molecule has 8 heteroatoms. The Balaban J connectivity index is 3.88. The highest BCUT2D eigenvalue weighted by atomic mass is 16.6. The van der Waals surface area contributed by atoms with E-state index >= 15 is 0 Å². The summed E-state index contributed by atoms with van der Waals surface area (Å²) < 4.78 is 30.0. The first-order valence-electron chi connectivity index (χ1n) is 7.44. The molecule has 0 rings (SSSR count).